The zero-order valence-electron chi connectivity index (χ0n) is 15.3. The highest BCUT2D eigenvalue weighted by Gasteiger charge is 2.19. The number of aromatic nitrogens is 2. The number of nitrogens with one attached hydrogen (secondary N) is 1. The second-order valence-electron chi connectivity index (χ2n) is 7.15. The molecular weight excluding hydrogens is 308 g/mol. The van der Waals surface area contributed by atoms with Gasteiger partial charge < -0.3 is 14.8 Å². The number of hydrogen-bond acceptors (Lipinski definition) is 3. The Morgan fingerprint density at radius 3 is 2.36 bits per heavy atom. The summed E-state index contributed by atoms with van der Waals surface area (Å²) in [4.78, 5) is 7.43. The Morgan fingerprint density at radius 2 is 1.64 bits per heavy atom. The number of hydrogen-bond donors (Lipinski definition) is 1. The molecule has 2 aromatic carbocycles. The van der Waals surface area contributed by atoms with E-state index in [9.17, 15) is 0 Å². The van der Waals surface area contributed by atoms with Gasteiger partial charge in [0.1, 0.15) is 0 Å². The van der Waals surface area contributed by atoms with Gasteiger partial charge in [0.05, 0.1) is 17.6 Å². The van der Waals surface area contributed by atoms with Crippen molar-refractivity contribution in [2.24, 2.45) is 0 Å². The molecule has 1 N–H and O–H groups in total. The quantitative estimate of drug-likeness (QED) is 0.797. The van der Waals surface area contributed by atoms with Crippen molar-refractivity contribution in [3.8, 4) is 0 Å². The van der Waals surface area contributed by atoms with Gasteiger partial charge in [-0.05, 0) is 49.6 Å². The Hall–Kier alpha value is -2.33. The van der Waals surface area contributed by atoms with Crippen LogP contribution in [0, 0.1) is 20.8 Å². The SMILES string of the molecule is Cc1ccc(Cn2c(N3CCNCC3)nc3cc(C)c(C)cc32)cc1. The minimum Gasteiger partial charge on any atom is -0.340 e. The van der Waals surface area contributed by atoms with Gasteiger partial charge in [0.25, 0.3) is 0 Å². The molecule has 4 nitrogen and oxygen atoms in total. The molecule has 1 aromatic heterocycles. The lowest BCUT2D eigenvalue weighted by molar-refractivity contribution is 0.571. The fourth-order valence-corrected chi connectivity index (χ4v) is 3.51. The molecule has 1 saturated heterocycles. The Morgan fingerprint density at radius 1 is 0.960 bits per heavy atom. The van der Waals surface area contributed by atoms with Crippen molar-refractivity contribution in [3.05, 3.63) is 58.7 Å². The molecule has 4 heteroatoms. The maximum absolute atomic E-state index is 5.01. The van der Waals surface area contributed by atoms with E-state index in [4.69, 9.17) is 4.98 Å². The van der Waals surface area contributed by atoms with Gasteiger partial charge in [-0.25, -0.2) is 4.98 Å². The number of imidazole rings is 1. The van der Waals surface area contributed by atoms with Crippen molar-refractivity contribution < 1.29 is 0 Å². The summed E-state index contributed by atoms with van der Waals surface area (Å²) >= 11 is 0. The Labute approximate surface area is 149 Å². The third-order valence-electron chi connectivity index (χ3n) is 5.20. The number of anilines is 1. The molecule has 4 rings (SSSR count). The molecule has 130 valence electrons. The van der Waals surface area contributed by atoms with Crippen LogP contribution in [-0.4, -0.2) is 35.7 Å². The molecule has 0 radical (unpaired) electrons. The monoisotopic (exact) mass is 334 g/mol. The van der Waals surface area contributed by atoms with Crippen molar-refractivity contribution in [2.75, 3.05) is 31.1 Å². The Kier molecular flexibility index (Phi) is 4.22. The van der Waals surface area contributed by atoms with Gasteiger partial charge in [0.2, 0.25) is 5.95 Å². The first-order valence-electron chi connectivity index (χ1n) is 9.10. The van der Waals surface area contributed by atoms with Crippen LogP contribution in [0.1, 0.15) is 22.3 Å². The summed E-state index contributed by atoms with van der Waals surface area (Å²) in [5, 5.41) is 3.43. The van der Waals surface area contributed by atoms with Crippen LogP contribution in [0.15, 0.2) is 36.4 Å². The van der Waals surface area contributed by atoms with Crippen LogP contribution >= 0.6 is 0 Å². The van der Waals surface area contributed by atoms with E-state index in [1.807, 2.05) is 0 Å². The summed E-state index contributed by atoms with van der Waals surface area (Å²) in [6.07, 6.45) is 0. The molecule has 0 aliphatic carbocycles. The smallest absolute Gasteiger partial charge is 0.206 e. The van der Waals surface area contributed by atoms with E-state index < -0.39 is 0 Å². The molecule has 0 spiro atoms. The second-order valence-corrected chi connectivity index (χ2v) is 7.15. The number of nitrogens with zero attached hydrogens (tertiary/aromatic N) is 3. The standard InChI is InChI=1S/C21H26N4/c1-15-4-6-18(7-5-15)14-25-20-13-17(3)16(2)12-19(20)23-21(25)24-10-8-22-9-11-24/h4-7,12-13,22H,8-11,14H2,1-3H3. The van der Waals surface area contributed by atoms with Gasteiger partial charge in [-0.3, -0.25) is 0 Å². The lowest BCUT2D eigenvalue weighted by Gasteiger charge is -2.29. The van der Waals surface area contributed by atoms with E-state index in [1.54, 1.807) is 0 Å². The first-order chi connectivity index (χ1) is 12.1. The molecule has 0 amide bonds. The average Bonchev–Trinajstić information content (AvgIpc) is 2.96. The molecule has 2 heterocycles. The van der Waals surface area contributed by atoms with Crippen LogP contribution in [0.25, 0.3) is 11.0 Å². The van der Waals surface area contributed by atoms with Crippen LogP contribution in [0.4, 0.5) is 5.95 Å². The molecule has 0 bridgehead atoms. The summed E-state index contributed by atoms with van der Waals surface area (Å²) in [6.45, 7) is 11.4. The number of fused-ring (bicyclic) bond motifs is 1. The second kappa shape index (κ2) is 6.52. The van der Waals surface area contributed by atoms with Crippen LogP contribution in [0.5, 0.6) is 0 Å². The predicted octanol–water partition coefficient (Wildman–Crippen LogP) is 3.42. The molecule has 0 saturated carbocycles. The zero-order valence-corrected chi connectivity index (χ0v) is 15.3. The lowest BCUT2D eigenvalue weighted by Crippen LogP contribution is -2.44. The first-order valence-corrected chi connectivity index (χ1v) is 9.10. The van der Waals surface area contributed by atoms with E-state index in [-0.39, 0.29) is 0 Å². The summed E-state index contributed by atoms with van der Waals surface area (Å²) in [5.41, 5.74) is 7.58. The number of piperazine rings is 1. The van der Waals surface area contributed by atoms with Gasteiger partial charge >= 0.3 is 0 Å². The highest BCUT2D eigenvalue weighted by atomic mass is 15.3. The fraction of sp³-hybridized carbons (Fsp3) is 0.381. The van der Waals surface area contributed by atoms with Crippen molar-refractivity contribution in [2.45, 2.75) is 27.3 Å². The van der Waals surface area contributed by atoms with Crippen LogP contribution < -0.4 is 10.2 Å². The maximum Gasteiger partial charge on any atom is 0.206 e. The number of benzene rings is 2. The van der Waals surface area contributed by atoms with E-state index in [1.165, 1.54) is 27.8 Å². The molecule has 25 heavy (non-hydrogen) atoms. The van der Waals surface area contributed by atoms with E-state index in [2.05, 4.69) is 72.0 Å². The predicted molar refractivity (Wildman–Crippen MR) is 105 cm³/mol. The van der Waals surface area contributed by atoms with Crippen molar-refractivity contribution >= 4 is 17.0 Å². The number of rotatable bonds is 3. The molecule has 3 aromatic rings. The minimum atomic E-state index is 0.860. The summed E-state index contributed by atoms with van der Waals surface area (Å²) < 4.78 is 2.39. The van der Waals surface area contributed by atoms with Crippen LogP contribution in [0.3, 0.4) is 0 Å². The molecule has 1 aliphatic rings. The van der Waals surface area contributed by atoms with Crippen molar-refractivity contribution in [1.29, 1.82) is 0 Å². The van der Waals surface area contributed by atoms with E-state index >= 15 is 0 Å². The topological polar surface area (TPSA) is 33.1 Å². The fourth-order valence-electron chi connectivity index (χ4n) is 3.51. The third kappa shape index (κ3) is 3.14. The highest BCUT2D eigenvalue weighted by molar-refractivity contribution is 5.81. The van der Waals surface area contributed by atoms with Crippen LogP contribution in [-0.2, 0) is 6.54 Å². The van der Waals surface area contributed by atoms with E-state index in [0.29, 0.717) is 0 Å². The van der Waals surface area contributed by atoms with Gasteiger partial charge in [0, 0.05) is 26.2 Å². The first kappa shape index (κ1) is 16.2. The molecule has 0 unspecified atom stereocenters. The Balaban J connectivity index is 1.82. The van der Waals surface area contributed by atoms with Gasteiger partial charge in [-0.2, -0.15) is 0 Å². The highest BCUT2D eigenvalue weighted by Crippen LogP contribution is 2.27. The minimum absolute atomic E-state index is 0.860. The lowest BCUT2D eigenvalue weighted by atomic mass is 10.1. The van der Waals surface area contributed by atoms with Crippen molar-refractivity contribution in [3.63, 3.8) is 0 Å². The molecule has 1 fully saturated rings. The van der Waals surface area contributed by atoms with E-state index in [0.717, 1.165) is 44.2 Å². The summed E-state index contributed by atoms with van der Waals surface area (Å²) in [7, 11) is 0. The normalized spacial score (nSPS) is 15.1. The molecule has 0 atom stereocenters. The Bertz CT molecular complexity index is 886. The van der Waals surface area contributed by atoms with Gasteiger partial charge in [0.15, 0.2) is 0 Å². The molecule has 1 aliphatic heterocycles. The summed E-state index contributed by atoms with van der Waals surface area (Å²) in [6, 6.07) is 13.3. The van der Waals surface area contributed by atoms with Crippen molar-refractivity contribution in [1.82, 2.24) is 14.9 Å². The van der Waals surface area contributed by atoms with Gasteiger partial charge in [-0.15, -0.1) is 0 Å². The zero-order chi connectivity index (χ0) is 17.4. The third-order valence-corrected chi connectivity index (χ3v) is 5.20. The maximum atomic E-state index is 5.01. The molecular formula is C21H26N4. The van der Waals surface area contributed by atoms with Gasteiger partial charge in [-0.1, -0.05) is 29.8 Å². The number of aryl methyl sites for hydroxylation is 3. The largest absolute Gasteiger partial charge is 0.340 e. The average molecular weight is 334 g/mol. The van der Waals surface area contributed by atoms with Crippen LogP contribution in [0.2, 0.25) is 0 Å². The summed E-state index contributed by atoms with van der Waals surface area (Å²) in [5.74, 6) is 1.10.